The van der Waals surface area contributed by atoms with E-state index in [0.29, 0.717) is 26.1 Å². The predicted molar refractivity (Wildman–Crippen MR) is 64.9 cm³/mol. The Morgan fingerprint density at radius 2 is 1.89 bits per heavy atom. The van der Waals surface area contributed by atoms with Crippen LogP contribution in [0.25, 0.3) is 0 Å². The minimum atomic E-state index is -1.32. The highest BCUT2D eigenvalue weighted by Crippen LogP contribution is 2.29. The Morgan fingerprint density at radius 3 is 2.32 bits per heavy atom. The summed E-state index contributed by atoms with van der Waals surface area (Å²) in [5, 5.41) is 11.3. The lowest BCUT2D eigenvalue weighted by Crippen LogP contribution is -2.54. The number of amides is 2. The molecule has 1 fully saturated rings. The minimum Gasteiger partial charge on any atom is -0.480 e. The summed E-state index contributed by atoms with van der Waals surface area (Å²) in [5.41, 5.74) is 9.76. The second kappa shape index (κ2) is 6.48. The molecule has 0 bridgehead atoms. The lowest BCUT2D eigenvalue weighted by Gasteiger charge is -2.35. The third kappa shape index (κ3) is 3.90. The van der Waals surface area contributed by atoms with Gasteiger partial charge in [-0.3, -0.25) is 9.59 Å². The summed E-state index contributed by atoms with van der Waals surface area (Å²) in [6.45, 7) is 0.904. The van der Waals surface area contributed by atoms with E-state index in [2.05, 4.69) is 5.32 Å². The minimum absolute atomic E-state index is 0.102. The van der Waals surface area contributed by atoms with Gasteiger partial charge in [0, 0.05) is 19.8 Å². The lowest BCUT2D eigenvalue weighted by molar-refractivity contribution is -0.146. The number of aliphatic carboxylic acids is 1. The second-order valence-electron chi connectivity index (χ2n) is 4.63. The first-order valence-corrected chi connectivity index (χ1v) is 6.01. The van der Waals surface area contributed by atoms with Crippen LogP contribution in [0.5, 0.6) is 0 Å². The van der Waals surface area contributed by atoms with E-state index < -0.39 is 35.7 Å². The van der Waals surface area contributed by atoms with Gasteiger partial charge in [-0.1, -0.05) is 0 Å². The summed E-state index contributed by atoms with van der Waals surface area (Å²) in [6, 6.07) is -1.32. The van der Waals surface area contributed by atoms with Gasteiger partial charge in [-0.25, -0.2) is 4.79 Å². The Balaban J connectivity index is 2.74. The monoisotopic (exact) mass is 273 g/mol. The number of primary amides is 1. The Labute approximate surface area is 110 Å². The Kier molecular flexibility index (Phi) is 5.25. The van der Waals surface area contributed by atoms with Crippen LogP contribution in [0, 0.1) is 5.41 Å². The predicted octanol–water partition coefficient (Wildman–Crippen LogP) is -1.81. The molecule has 0 aliphatic carbocycles. The molecule has 0 radical (unpaired) electrons. The molecule has 1 aliphatic heterocycles. The van der Waals surface area contributed by atoms with Gasteiger partial charge in [-0.05, 0) is 12.8 Å². The van der Waals surface area contributed by atoms with Gasteiger partial charge in [0.1, 0.15) is 6.04 Å². The van der Waals surface area contributed by atoms with Gasteiger partial charge >= 0.3 is 5.97 Å². The zero-order valence-electron chi connectivity index (χ0n) is 10.6. The number of hydrogen-bond donors (Lipinski definition) is 4. The number of hydrogen-bond acceptors (Lipinski definition) is 5. The Hall–Kier alpha value is -1.67. The smallest absolute Gasteiger partial charge is 0.326 e. The van der Waals surface area contributed by atoms with Crippen LogP contribution in [0.2, 0.25) is 0 Å². The summed E-state index contributed by atoms with van der Waals surface area (Å²) in [4.78, 5) is 33.9. The third-order valence-electron chi connectivity index (χ3n) is 3.33. The molecule has 0 saturated carbocycles. The molecule has 8 nitrogen and oxygen atoms in total. The van der Waals surface area contributed by atoms with Crippen molar-refractivity contribution in [2.75, 3.05) is 19.8 Å². The Bertz CT molecular complexity index is 365. The van der Waals surface area contributed by atoms with Crippen LogP contribution in [-0.4, -0.2) is 48.7 Å². The number of carboxylic acids is 1. The number of carboxylic acid groups (broad SMARTS) is 1. The number of nitrogens with two attached hydrogens (primary N) is 2. The normalized spacial score (nSPS) is 19.4. The zero-order chi connectivity index (χ0) is 14.5. The molecule has 1 unspecified atom stereocenters. The van der Waals surface area contributed by atoms with Crippen LogP contribution in [-0.2, 0) is 19.1 Å². The van der Waals surface area contributed by atoms with Crippen LogP contribution in [0.15, 0.2) is 0 Å². The van der Waals surface area contributed by atoms with Crippen LogP contribution in [0.1, 0.15) is 19.3 Å². The largest absolute Gasteiger partial charge is 0.480 e. The SMILES string of the molecule is NCC1(C(=O)NC(CC(N)=O)C(=O)O)CCOCC1. The van der Waals surface area contributed by atoms with Crippen LogP contribution in [0.3, 0.4) is 0 Å². The molecule has 1 aliphatic rings. The quantitative estimate of drug-likeness (QED) is 0.448. The molecule has 108 valence electrons. The van der Waals surface area contributed by atoms with Crippen molar-refractivity contribution in [2.45, 2.75) is 25.3 Å². The van der Waals surface area contributed by atoms with Crippen LogP contribution >= 0.6 is 0 Å². The fraction of sp³-hybridized carbons (Fsp3) is 0.727. The third-order valence-corrected chi connectivity index (χ3v) is 3.33. The van der Waals surface area contributed by atoms with E-state index in [-0.39, 0.29) is 6.54 Å². The molecule has 1 rings (SSSR count). The van der Waals surface area contributed by atoms with Crippen LogP contribution in [0.4, 0.5) is 0 Å². The lowest BCUT2D eigenvalue weighted by atomic mass is 9.79. The van der Waals surface area contributed by atoms with Gasteiger partial charge in [0.2, 0.25) is 11.8 Å². The van der Waals surface area contributed by atoms with Crippen molar-refractivity contribution < 1.29 is 24.2 Å². The maximum absolute atomic E-state index is 12.2. The number of carbonyl (C=O) groups excluding carboxylic acids is 2. The first kappa shape index (κ1) is 15.4. The summed E-state index contributed by atoms with van der Waals surface area (Å²) in [5.74, 6) is -2.56. The van der Waals surface area contributed by atoms with E-state index in [1.54, 1.807) is 0 Å². The summed E-state index contributed by atoms with van der Waals surface area (Å²) >= 11 is 0. The molecule has 0 aromatic carbocycles. The number of nitrogens with one attached hydrogen (secondary N) is 1. The van der Waals surface area contributed by atoms with E-state index in [1.165, 1.54) is 0 Å². The van der Waals surface area contributed by atoms with E-state index >= 15 is 0 Å². The van der Waals surface area contributed by atoms with Gasteiger partial charge in [-0.2, -0.15) is 0 Å². The van der Waals surface area contributed by atoms with Crippen molar-refractivity contribution >= 4 is 17.8 Å². The summed E-state index contributed by atoms with van der Waals surface area (Å²) < 4.78 is 5.17. The molecule has 2 amide bonds. The maximum atomic E-state index is 12.2. The average molecular weight is 273 g/mol. The van der Waals surface area contributed by atoms with Gasteiger partial charge in [0.15, 0.2) is 0 Å². The molecule has 6 N–H and O–H groups in total. The average Bonchev–Trinajstić information content (AvgIpc) is 2.38. The molecule has 1 saturated heterocycles. The highest BCUT2D eigenvalue weighted by molar-refractivity contribution is 5.90. The first-order chi connectivity index (χ1) is 8.91. The Morgan fingerprint density at radius 1 is 1.32 bits per heavy atom. The number of carbonyl (C=O) groups is 3. The van der Waals surface area contributed by atoms with Gasteiger partial charge in [-0.15, -0.1) is 0 Å². The number of rotatable bonds is 6. The van der Waals surface area contributed by atoms with E-state index in [4.69, 9.17) is 21.3 Å². The van der Waals surface area contributed by atoms with E-state index in [1.807, 2.05) is 0 Å². The highest BCUT2D eigenvalue weighted by Gasteiger charge is 2.40. The van der Waals surface area contributed by atoms with Gasteiger partial charge < -0.3 is 26.6 Å². The summed E-state index contributed by atoms with van der Waals surface area (Å²) in [7, 11) is 0. The highest BCUT2D eigenvalue weighted by atomic mass is 16.5. The molecule has 1 heterocycles. The maximum Gasteiger partial charge on any atom is 0.326 e. The van der Waals surface area contributed by atoms with Crippen molar-refractivity contribution in [1.29, 1.82) is 0 Å². The molecule has 19 heavy (non-hydrogen) atoms. The van der Waals surface area contributed by atoms with E-state index in [9.17, 15) is 14.4 Å². The first-order valence-electron chi connectivity index (χ1n) is 6.01. The molecule has 0 aromatic heterocycles. The molecule has 0 aromatic rings. The van der Waals surface area contributed by atoms with E-state index in [0.717, 1.165) is 0 Å². The summed E-state index contributed by atoms with van der Waals surface area (Å²) in [6.07, 6.45) is 0.411. The van der Waals surface area contributed by atoms with Crippen molar-refractivity contribution in [2.24, 2.45) is 16.9 Å². The second-order valence-corrected chi connectivity index (χ2v) is 4.63. The topological polar surface area (TPSA) is 145 Å². The molecule has 8 heteroatoms. The standard InChI is InChI=1S/C11H19N3O5/c12-6-11(1-3-19-4-2-11)10(18)14-7(9(16)17)5-8(13)15/h7H,1-6,12H2,(H2,13,15)(H,14,18)(H,16,17). The molecular weight excluding hydrogens is 254 g/mol. The van der Waals surface area contributed by atoms with Crippen molar-refractivity contribution in [3.63, 3.8) is 0 Å². The van der Waals surface area contributed by atoms with Crippen molar-refractivity contribution in [1.82, 2.24) is 5.32 Å². The fourth-order valence-electron chi connectivity index (χ4n) is 2.00. The molecule has 1 atom stereocenters. The van der Waals surface area contributed by atoms with Crippen molar-refractivity contribution in [3.05, 3.63) is 0 Å². The van der Waals surface area contributed by atoms with Crippen molar-refractivity contribution in [3.8, 4) is 0 Å². The molecular formula is C11H19N3O5. The van der Waals surface area contributed by atoms with Gasteiger partial charge in [0.05, 0.1) is 11.8 Å². The number of ether oxygens (including phenoxy) is 1. The fourth-order valence-corrected chi connectivity index (χ4v) is 2.00. The van der Waals surface area contributed by atoms with Gasteiger partial charge in [0.25, 0.3) is 0 Å². The van der Waals surface area contributed by atoms with Crippen LogP contribution < -0.4 is 16.8 Å². The zero-order valence-corrected chi connectivity index (χ0v) is 10.6. The molecule has 0 spiro atoms.